The van der Waals surface area contributed by atoms with Gasteiger partial charge in [-0.25, -0.2) is 14.4 Å². The van der Waals surface area contributed by atoms with E-state index in [0.29, 0.717) is 11.1 Å². The monoisotopic (exact) mass is 656 g/mol. The topological polar surface area (TPSA) is 121 Å². The second-order valence-corrected chi connectivity index (χ2v) is 12.4. The SMILES string of the molecule is CCCCCCCCCCCCCCCCC(CCCCCCCC)C(=O)OO.O=C(O)c1ccccc1.O=C(O)c1ccccc1. The molecule has 0 saturated heterocycles. The van der Waals surface area contributed by atoms with Crippen LogP contribution in [0.1, 0.15) is 176 Å². The number of carboxylic acids is 2. The molecule has 0 fully saturated rings. The van der Waals surface area contributed by atoms with Gasteiger partial charge in [-0.15, -0.1) is 0 Å². The summed E-state index contributed by atoms with van der Waals surface area (Å²) in [6, 6.07) is 16.6. The van der Waals surface area contributed by atoms with Crippen molar-refractivity contribution < 1.29 is 34.7 Å². The number of hydrogen-bond acceptors (Lipinski definition) is 5. The highest BCUT2D eigenvalue weighted by Crippen LogP contribution is 2.21. The molecule has 0 aliphatic heterocycles. The maximum absolute atomic E-state index is 11.8. The highest BCUT2D eigenvalue weighted by molar-refractivity contribution is 5.87. The number of unbranched alkanes of at least 4 members (excludes halogenated alkanes) is 18. The molecule has 2 rings (SSSR count). The van der Waals surface area contributed by atoms with Crippen LogP contribution in [0.4, 0.5) is 0 Å². The first-order chi connectivity index (χ1) is 22.9. The number of carboxylic acid groups (broad SMARTS) is 2. The molecule has 1 atom stereocenters. The molecule has 0 heterocycles. The minimum absolute atomic E-state index is 0.108. The number of carbonyl (C=O) groups is 3. The Morgan fingerprint density at radius 1 is 0.489 bits per heavy atom. The summed E-state index contributed by atoms with van der Waals surface area (Å²) in [7, 11) is 0. The van der Waals surface area contributed by atoms with Crippen LogP contribution in [0.2, 0.25) is 0 Å². The van der Waals surface area contributed by atoms with Crippen LogP contribution >= 0.6 is 0 Å². The lowest BCUT2D eigenvalue weighted by molar-refractivity contribution is -0.239. The Bertz CT molecular complexity index is 945. The van der Waals surface area contributed by atoms with E-state index < -0.39 is 17.9 Å². The smallest absolute Gasteiger partial charge is 0.345 e. The van der Waals surface area contributed by atoms with Gasteiger partial charge >= 0.3 is 17.9 Å². The average molecular weight is 657 g/mol. The standard InChI is InChI=1S/C26H52O3.2C7H6O2/c1-3-5-7-9-11-12-13-14-15-16-17-18-20-22-24-25(26(27)29-28)23-21-19-10-8-6-4-2;2*8-7(9)6-4-2-1-3-5-6/h25,28H,3-24H2,1-2H3;2*1-5H,(H,8,9). The second-order valence-electron chi connectivity index (χ2n) is 12.4. The summed E-state index contributed by atoms with van der Waals surface area (Å²) >= 11 is 0. The zero-order valence-electron chi connectivity index (χ0n) is 29.4. The molecule has 2 aromatic rings. The van der Waals surface area contributed by atoms with Crippen molar-refractivity contribution in [3.8, 4) is 0 Å². The van der Waals surface area contributed by atoms with Crippen LogP contribution < -0.4 is 0 Å². The Balaban J connectivity index is 0.000000933. The number of aromatic carboxylic acids is 2. The minimum Gasteiger partial charge on any atom is -0.478 e. The molecule has 0 radical (unpaired) electrons. The number of carbonyl (C=O) groups excluding carboxylic acids is 1. The maximum atomic E-state index is 11.8. The normalized spacial score (nSPS) is 11.0. The number of rotatable bonds is 25. The predicted octanol–water partition coefficient (Wildman–Crippen LogP) is 12.0. The summed E-state index contributed by atoms with van der Waals surface area (Å²) in [6.45, 7) is 4.50. The van der Waals surface area contributed by atoms with Crippen LogP contribution in [0.3, 0.4) is 0 Å². The first-order valence-electron chi connectivity index (χ1n) is 18.3. The molecule has 266 valence electrons. The summed E-state index contributed by atoms with van der Waals surface area (Å²) in [6.07, 6.45) is 28.0. The van der Waals surface area contributed by atoms with Gasteiger partial charge in [-0.2, -0.15) is 5.26 Å². The third-order valence-corrected chi connectivity index (χ3v) is 8.28. The molecule has 0 aliphatic carbocycles. The average Bonchev–Trinajstić information content (AvgIpc) is 3.10. The van der Waals surface area contributed by atoms with Crippen molar-refractivity contribution in [2.45, 2.75) is 155 Å². The minimum atomic E-state index is -0.879. The number of benzene rings is 2. The zero-order chi connectivity index (χ0) is 34.8. The van der Waals surface area contributed by atoms with Gasteiger partial charge in [0.2, 0.25) is 0 Å². The summed E-state index contributed by atoms with van der Waals surface area (Å²) in [4.78, 5) is 36.2. The Labute approximate surface area is 285 Å². The summed E-state index contributed by atoms with van der Waals surface area (Å²) in [5, 5.41) is 25.5. The molecule has 0 aromatic heterocycles. The Morgan fingerprint density at radius 2 is 0.766 bits per heavy atom. The third kappa shape index (κ3) is 27.6. The van der Waals surface area contributed by atoms with Crippen molar-refractivity contribution in [2.75, 3.05) is 0 Å². The van der Waals surface area contributed by atoms with Gasteiger partial charge in [0.05, 0.1) is 17.0 Å². The fraction of sp³-hybridized carbons (Fsp3) is 0.625. The van der Waals surface area contributed by atoms with Crippen molar-refractivity contribution in [3.05, 3.63) is 71.8 Å². The van der Waals surface area contributed by atoms with Crippen molar-refractivity contribution in [1.29, 1.82) is 0 Å². The number of hydrogen-bond donors (Lipinski definition) is 3. The summed E-state index contributed by atoms with van der Waals surface area (Å²) in [5.74, 6) is -2.29. The fourth-order valence-corrected chi connectivity index (χ4v) is 5.37. The largest absolute Gasteiger partial charge is 0.478 e. The van der Waals surface area contributed by atoms with E-state index in [-0.39, 0.29) is 5.92 Å². The van der Waals surface area contributed by atoms with Gasteiger partial charge in [0.15, 0.2) is 0 Å². The second kappa shape index (κ2) is 32.7. The van der Waals surface area contributed by atoms with Gasteiger partial charge in [0.1, 0.15) is 0 Å². The molecule has 3 N–H and O–H groups in total. The fourth-order valence-electron chi connectivity index (χ4n) is 5.37. The highest BCUT2D eigenvalue weighted by atomic mass is 17.1. The van der Waals surface area contributed by atoms with Gasteiger partial charge in [-0.1, -0.05) is 179 Å². The molecule has 0 spiro atoms. The molecule has 0 aliphatic rings. The van der Waals surface area contributed by atoms with Gasteiger partial charge in [-0.05, 0) is 37.1 Å². The van der Waals surface area contributed by atoms with Crippen molar-refractivity contribution >= 4 is 17.9 Å². The first kappa shape index (κ1) is 43.8. The Morgan fingerprint density at radius 3 is 1.00 bits per heavy atom. The van der Waals surface area contributed by atoms with Crippen LogP contribution in [0.25, 0.3) is 0 Å². The molecule has 7 nitrogen and oxygen atoms in total. The van der Waals surface area contributed by atoms with Gasteiger partial charge in [0.25, 0.3) is 0 Å². The van der Waals surface area contributed by atoms with Gasteiger partial charge in [-0.3, -0.25) is 0 Å². The van der Waals surface area contributed by atoms with E-state index in [2.05, 4.69) is 18.7 Å². The van der Waals surface area contributed by atoms with E-state index >= 15 is 0 Å². The molecule has 0 bridgehead atoms. The molecular formula is C40H64O7. The van der Waals surface area contributed by atoms with E-state index in [0.717, 1.165) is 25.7 Å². The van der Waals surface area contributed by atoms with E-state index in [4.69, 9.17) is 15.5 Å². The lowest BCUT2D eigenvalue weighted by Gasteiger charge is -2.13. The van der Waals surface area contributed by atoms with Crippen molar-refractivity contribution in [3.63, 3.8) is 0 Å². The molecule has 7 heteroatoms. The molecule has 2 aromatic carbocycles. The molecule has 47 heavy (non-hydrogen) atoms. The van der Waals surface area contributed by atoms with Gasteiger partial charge in [0, 0.05) is 0 Å². The quantitative estimate of drug-likeness (QED) is 0.0552. The zero-order valence-corrected chi connectivity index (χ0v) is 29.4. The van der Waals surface area contributed by atoms with Crippen molar-refractivity contribution in [2.24, 2.45) is 5.92 Å². The molecular weight excluding hydrogens is 592 g/mol. The molecule has 1 unspecified atom stereocenters. The van der Waals surface area contributed by atoms with Crippen LogP contribution in [-0.2, 0) is 9.68 Å². The van der Waals surface area contributed by atoms with Crippen LogP contribution in [0, 0.1) is 5.92 Å². The first-order valence-corrected chi connectivity index (χ1v) is 18.3. The maximum Gasteiger partial charge on any atom is 0.345 e. The lowest BCUT2D eigenvalue weighted by Crippen LogP contribution is -2.16. The highest BCUT2D eigenvalue weighted by Gasteiger charge is 2.19. The molecule has 0 amide bonds. The summed E-state index contributed by atoms with van der Waals surface area (Å²) < 4.78 is 0. The Hall–Kier alpha value is -3.19. The van der Waals surface area contributed by atoms with E-state index in [1.54, 1.807) is 60.7 Å². The van der Waals surface area contributed by atoms with Crippen LogP contribution in [0.15, 0.2) is 60.7 Å². The molecule has 0 saturated carbocycles. The van der Waals surface area contributed by atoms with E-state index in [1.807, 2.05) is 0 Å². The predicted molar refractivity (Wildman–Crippen MR) is 192 cm³/mol. The summed E-state index contributed by atoms with van der Waals surface area (Å²) in [5.41, 5.74) is 0.662. The van der Waals surface area contributed by atoms with Crippen molar-refractivity contribution in [1.82, 2.24) is 0 Å². The Kier molecular flexibility index (Phi) is 30.5. The third-order valence-electron chi connectivity index (χ3n) is 8.28. The van der Waals surface area contributed by atoms with Gasteiger partial charge < -0.3 is 15.1 Å². The van der Waals surface area contributed by atoms with E-state index in [9.17, 15) is 14.4 Å². The van der Waals surface area contributed by atoms with Crippen LogP contribution in [-0.4, -0.2) is 33.4 Å². The lowest BCUT2D eigenvalue weighted by atomic mass is 9.94. The van der Waals surface area contributed by atoms with Crippen LogP contribution in [0.5, 0.6) is 0 Å². The van der Waals surface area contributed by atoms with E-state index in [1.165, 1.54) is 116 Å².